The summed E-state index contributed by atoms with van der Waals surface area (Å²) < 4.78 is 5.65. The van der Waals surface area contributed by atoms with Gasteiger partial charge in [-0.2, -0.15) is 0 Å². The maximum atomic E-state index is 11.7. The van der Waals surface area contributed by atoms with Gasteiger partial charge >= 0.3 is 12.0 Å². The minimum atomic E-state index is -0.679. The van der Waals surface area contributed by atoms with Crippen LogP contribution in [0, 0.1) is 0 Å². The Morgan fingerprint density at radius 3 is 2.43 bits per heavy atom. The number of halogens is 1. The second kappa shape index (κ2) is 8.41. The molecule has 0 aliphatic rings. The minimum absolute atomic E-state index is 0.0388. The van der Waals surface area contributed by atoms with Crippen LogP contribution in [0.25, 0.3) is 0 Å². The number of ether oxygens (including phenoxy) is 1. The van der Waals surface area contributed by atoms with E-state index in [1.54, 1.807) is 24.3 Å². The molecule has 0 fully saturated rings. The van der Waals surface area contributed by atoms with E-state index >= 15 is 0 Å². The number of carbonyl (C=O) groups is 3. The second-order valence-corrected chi connectivity index (χ2v) is 5.33. The molecule has 0 saturated carbocycles. The molecule has 1 aromatic rings. The summed E-state index contributed by atoms with van der Waals surface area (Å²) in [7, 11) is 0. The monoisotopic (exact) mass is 356 g/mol. The zero-order valence-corrected chi connectivity index (χ0v) is 13.4. The molecule has 0 saturated heterocycles. The fourth-order valence-electron chi connectivity index (χ4n) is 1.33. The van der Waals surface area contributed by atoms with Crippen molar-refractivity contribution in [2.24, 2.45) is 0 Å². The number of imide groups is 1. The standard InChI is InChI=1S/C14H17BrN2O4/c1-3-9(2)16-14(20)17-12(18)8-21-13(19)10-4-6-11(15)7-5-10/h4-7,9H,3,8H2,1-2H3,(H2,16,17,18,20)/t9-/m0/s1. The Balaban J connectivity index is 2.37. The van der Waals surface area contributed by atoms with Crippen molar-refractivity contribution in [3.8, 4) is 0 Å². The molecule has 0 aliphatic heterocycles. The number of amides is 3. The number of benzene rings is 1. The van der Waals surface area contributed by atoms with E-state index < -0.39 is 24.5 Å². The Bertz CT molecular complexity index is 516. The van der Waals surface area contributed by atoms with E-state index in [2.05, 4.69) is 26.6 Å². The lowest BCUT2D eigenvalue weighted by atomic mass is 10.2. The first-order valence-electron chi connectivity index (χ1n) is 6.45. The predicted octanol–water partition coefficient (Wildman–Crippen LogP) is 2.23. The van der Waals surface area contributed by atoms with E-state index in [1.165, 1.54) is 0 Å². The number of hydrogen-bond donors (Lipinski definition) is 2. The highest BCUT2D eigenvalue weighted by Gasteiger charge is 2.13. The van der Waals surface area contributed by atoms with Gasteiger partial charge in [-0.1, -0.05) is 22.9 Å². The van der Waals surface area contributed by atoms with E-state index in [0.29, 0.717) is 5.56 Å². The normalized spacial score (nSPS) is 11.4. The lowest BCUT2D eigenvalue weighted by Gasteiger charge is -2.11. The highest BCUT2D eigenvalue weighted by atomic mass is 79.9. The molecule has 0 aliphatic carbocycles. The van der Waals surface area contributed by atoms with E-state index in [1.807, 2.05) is 13.8 Å². The average molecular weight is 357 g/mol. The first kappa shape index (κ1) is 17.2. The average Bonchev–Trinajstić information content (AvgIpc) is 2.45. The molecule has 6 nitrogen and oxygen atoms in total. The van der Waals surface area contributed by atoms with Crippen LogP contribution in [-0.2, 0) is 9.53 Å². The van der Waals surface area contributed by atoms with Crippen molar-refractivity contribution in [3.63, 3.8) is 0 Å². The molecule has 1 atom stereocenters. The Morgan fingerprint density at radius 1 is 1.24 bits per heavy atom. The van der Waals surface area contributed by atoms with Gasteiger partial charge in [-0.05, 0) is 37.6 Å². The Hall–Kier alpha value is -1.89. The molecule has 3 amide bonds. The summed E-state index contributed by atoms with van der Waals surface area (Å²) in [4.78, 5) is 34.5. The van der Waals surface area contributed by atoms with E-state index in [0.717, 1.165) is 10.9 Å². The topological polar surface area (TPSA) is 84.5 Å². The summed E-state index contributed by atoms with van der Waals surface area (Å²) in [5, 5.41) is 4.66. The summed E-state index contributed by atoms with van der Waals surface area (Å²) in [6.07, 6.45) is 0.750. The summed E-state index contributed by atoms with van der Waals surface area (Å²) in [5.41, 5.74) is 0.329. The van der Waals surface area contributed by atoms with Gasteiger partial charge in [0.2, 0.25) is 0 Å². The molecule has 7 heteroatoms. The molecule has 21 heavy (non-hydrogen) atoms. The van der Waals surface area contributed by atoms with Gasteiger partial charge in [0.25, 0.3) is 5.91 Å². The van der Waals surface area contributed by atoms with Gasteiger partial charge in [-0.3, -0.25) is 10.1 Å². The molecule has 114 valence electrons. The van der Waals surface area contributed by atoms with E-state index in [9.17, 15) is 14.4 Å². The van der Waals surface area contributed by atoms with Crippen LogP contribution in [0.15, 0.2) is 28.7 Å². The number of esters is 1. The number of rotatable bonds is 5. The van der Waals surface area contributed by atoms with Gasteiger partial charge in [0, 0.05) is 10.5 Å². The number of nitrogens with one attached hydrogen (secondary N) is 2. The first-order valence-corrected chi connectivity index (χ1v) is 7.24. The van der Waals surface area contributed by atoms with Crippen LogP contribution in [0.1, 0.15) is 30.6 Å². The lowest BCUT2D eigenvalue weighted by molar-refractivity contribution is -0.123. The van der Waals surface area contributed by atoms with Crippen LogP contribution >= 0.6 is 15.9 Å². The summed E-state index contributed by atoms with van der Waals surface area (Å²) >= 11 is 3.25. The SMILES string of the molecule is CC[C@H](C)NC(=O)NC(=O)COC(=O)c1ccc(Br)cc1. The van der Waals surface area contributed by atoms with Gasteiger partial charge in [0.1, 0.15) is 0 Å². The van der Waals surface area contributed by atoms with Crippen molar-refractivity contribution in [1.82, 2.24) is 10.6 Å². The summed E-state index contributed by atoms with van der Waals surface area (Å²) in [5.74, 6) is -1.30. The Morgan fingerprint density at radius 2 is 1.86 bits per heavy atom. The van der Waals surface area contributed by atoms with Crippen LogP contribution in [0.4, 0.5) is 4.79 Å². The minimum Gasteiger partial charge on any atom is -0.452 e. The van der Waals surface area contributed by atoms with Crippen molar-refractivity contribution < 1.29 is 19.1 Å². The first-order chi connectivity index (χ1) is 9.92. The Kier molecular flexibility index (Phi) is 6.87. The molecule has 0 radical (unpaired) electrons. The van der Waals surface area contributed by atoms with E-state index in [-0.39, 0.29) is 6.04 Å². The highest BCUT2D eigenvalue weighted by Crippen LogP contribution is 2.11. The molecule has 0 unspecified atom stereocenters. The van der Waals surface area contributed by atoms with Gasteiger partial charge in [-0.25, -0.2) is 9.59 Å². The van der Waals surface area contributed by atoms with Crippen LogP contribution in [-0.4, -0.2) is 30.6 Å². The van der Waals surface area contributed by atoms with Crippen LogP contribution in [0.2, 0.25) is 0 Å². The molecule has 1 rings (SSSR count). The quantitative estimate of drug-likeness (QED) is 0.792. The third-order valence-electron chi connectivity index (χ3n) is 2.66. The molecular formula is C14H17BrN2O4. The maximum Gasteiger partial charge on any atom is 0.338 e. The van der Waals surface area contributed by atoms with Crippen molar-refractivity contribution in [2.45, 2.75) is 26.3 Å². The molecule has 0 bridgehead atoms. The molecule has 0 aromatic heterocycles. The summed E-state index contributed by atoms with van der Waals surface area (Å²) in [6, 6.07) is 5.88. The molecule has 0 heterocycles. The number of urea groups is 1. The predicted molar refractivity (Wildman–Crippen MR) is 80.9 cm³/mol. The lowest BCUT2D eigenvalue weighted by Crippen LogP contribution is -2.44. The zero-order chi connectivity index (χ0) is 15.8. The number of carbonyl (C=O) groups excluding carboxylic acids is 3. The third-order valence-corrected chi connectivity index (χ3v) is 3.19. The van der Waals surface area contributed by atoms with Gasteiger partial charge in [0.15, 0.2) is 6.61 Å². The van der Waals surface area contributed by atoms with Crippen molar-refractivity contribution in [3.05, 3.63) is 34.3 Å². The smallest absolute Gasteiger partial charge is 0.338 e. The van der Waals surface area contributed by atoms with Gasteiger partial charge in [-0.15, -0.1) is 0 Å². The second-order valence-electron chi connectivity index (χ2n) is 4.41. The Labute approximate surface area is 131 Å². The van der Waals surface area contributed by atoms with Crippen molar-refractivity contribution in [1.29, 1.82) is 0 Å². The van der Waals surface area contributed by atoms with Gasteiger partial charge < -0.3 is 10.1 Å². The fourth-order valence-corrected chi connectivity index (χ4v) is 1.59. The zero-order valence-electron chi connectivity index (χ0n) is 11.8. The van der Waals surface area contributed by atoms with Crippen molar-refractivity contribution in [2.75, 3.05) is 6.61 Å². The molecular weight excluding hydrogens is 340 g/mol. The highest BCUT2D eigenvalue weighted by molar-refractivity contribution is 9.10. The molecule has 2 N–H and O–H groups in total. The maximum absolute atomic E-state index is 11.7. The van der Waals surface area contributed by atoms with Gasteiger partial charge in [0.05, 0.1) is 5.56 Å². The fraction of sp³-hybridized carbons (Fsp3) is 0.357. The van der Waals surface area contributed by atoms with E-state index in [4.69, 9.17) is 4.74 Å². The third kappa shape index (κ3) is 6.40. The number of hydrogen-bond acceptors (Lipinski definition) is 4. The van der Waals surface area contributed by atoms with Crippen LogP contribution in [0.3, 0.4) is 0 Å². The molecule has 1 aromatic carbocycles. The van der Waals surface area contributed by atoms with Crippen LogP contribution < -0.4 is 10.6 Å². The largest absolute Gasteiger partial charge is 0.452 e. The van der Waals surface area contributed by atoms with Crippen molar-refractivity contribution >= 4 is 33.8 Å². The van der Waals surface area contributed by atoms with Crippen LogP contribution in [0.5, 0.6) is 0 Å². The summed E-state index contributed by atoms with van der Waals surface area (Å²) in [6.45, 7) is 3.22. The molecule has 0 spiro atoms.